The van der Waals surface area contributed by atoms with E-state index in [9.17, 15) is 19.5 Å². The zero-order valence-corrected chi connectivity index (χ0v) is 18.4. The van der Waals surface area contributed by atoms with Crippen molar-refractivity contribution in [3.63, 3.8) is 0 Å². The van der Waals surface area contributed by atoms with Crippen molar-refractivity contribution in [2.75, 3.05) is 0 Å². The van der Waals surface area contributed by atoms with Gasteiger partial charge in [-0.25, -0.2) is 4.79 Å². The van der Waals surface area contributed by atoms with Gasteiger partial charge in [-0.3, -0.25) is 9.59 Å². The molecule has 3 aromatic rings. The highest BCUT2D eigenvalue weighted by Gasteiger charge is 2.22. The summed E-state index contributed by atoms with van der Waals surface area (Å²) in [5, 5.41) is 11.9. The molecule has 0 aliphatic heterocycles. The van der Waals surface area contributed by atoms with Gasteiger partial charge >= 0.3 is 5.97 Å². The highest BCUT2D eigenvalue weighted by molar-refractivity contribution is 5.97. The summed E-state index contributed by atoms with van der Waals surface area (Å²) in [6.45, 7) is 0. The molecule has 0 heterocycles. The van der Waals surface area contributed by atoms with Crippen LogP contribution in [0.1, 0.15) is 45.8 Å². The van der Waals surface area contributed by atoms with Crippen LogP contribution in [-0.4, -0.2) is 34.9 Å². The Morgan fingerprint density at radius 3 is 1.76 bits per heavy atom. The molecule has 3 rings (SSSR count). The highest BCUT2D eigenvalue weighted by Crippen LogP contribution is 2.31. The molecular formula is C26H26N4O4. The number of nitrogens with zero attached hydrogens (tertiary/aromatic N) is 1. The third-order valence-corrected chi connectivity index (χ3v) is 5.28. The molecule has 8 nitrogen and oxygen atoms in total. The molecule has 2 amide bonds. The van der Waals surface area contributed by atoms with Crippen molar-refractivity contribution in [1.82, 2.24) is 5.32 Å². The third-order valence-electron chi connectivity index (χ3n) is 5.28. The predicted octanol–water partition coefficient (Wildman–Crippen LogP) is 2.63. The van der Waals surface area contributed by atoms with E-state index in [1.165, 1.54) is 0 Å². The number of amides is 2. The molecule has 0 unspecified atom stereocenters. The lowest BCUT2D eigenvalue weighted by Crippen LogP contribution is -2.41. The number of hydrogen-bond acceptors (Lipinski definition) is 3. The van der Waals surface area contributed by atoms with Crippen molar-refractivity contribution in [2.24, 2.45) is 16.5 Å². The minimum Gasteiger partial charge on any atom is -0.480 e. The van der Waals surface area contributed by atoms with Crippen LogP contribution in [0.15, 0.2) is 89.9 Å². The van der Waals surface area contributed by atoms with E-state index >= 15 is 0 Å². The summed E-state index contributed by atoms with van der Waals surface area (Å²) in [5.41, 5.74) is 13.8. The molecule has 0 bridgehead atoms. The molecule has 0 saturated carbocycles. The van der Waals surface area contributed by atoms with Gasteiger partial charge in [0, 0.05) is 17.9 Å². The summed E-state index contributed by atoms with van der Waals surface area (Å²) >= 11 is 0. The van der Waals surface area contributed by atoms with Crippen LogP contribution in [0.25, 0.3) is 0 Å². The maximum atomic E-state index is 12.7. The summed E-state index contributed by atoms with van der Waals surface area (Å²) in [5.74, 6) is -2.88. The van der Waals surface area contributed by atoms with E-state index in [1.807, 2.05) is 48.5 Å². The van der Waals surface area contributed by atoms with Gasteiger partial charge in [-0.2, -0.15) is 4.99 Å². The Morgan fingerprint density at radius 2 is 1.29 bits per heavy atom. The van der Waals surface area contributed by atoms with Gasteiger partial charge in [0.15, 0.2) is 5.96 Å². The van der Waals surface area contributed by atoms with Gasteiger partial charge in [0.25, 0.3) is 5.91 Å². The van der Waals surface area contributed by atoms with Crippen molar-refractivity contribution >= 4 is 23.7 Å². The number of rotatable bonds is 9. The Hall–Kier alpha value is -4.46. The monoisotopic (exact) mass is 458 g/mol. The van der Waals surface area contributed by atoms with Crippen molar-refractivity contribution < 1.29 is 19.5 Å². The molecule has 0 fully saturated rings. The molecule has 0 aliphatic carbocycles. The number of carboxylic acid groups (broad SMARTS) is 1. The number of aliphatic carboxylic acids is 1. The average Bonchev–Trinajstić information content (AvgIpc) is 2.83. The number of benzene rings is 3. The van der Waals surface area contributed by atoms with Gasteiger partial charge in [-0.15, -0.1) is 0 Å². The van der Waals surface area contributed by atoms with Gasteiger partial charge in [0.2, 0.25) is 5.91 Å². The van der Waals surface area contributed by atoms with Crippen molar-refractivity contribution in [3.8, 4) is 0 Å². The topological polar surface area (TPSA) is 148 Å². The lowest BCUT2D eigenvalue weighted by molar-refractivity contribution is -0.139. The van der Waals surface area contributed by atoms with E-state index in [0.29, 0.717) is 5.56 Å². The highest BCUT2D eigenvalue weighted by atomic mass is 16.4. The molecular weight excluding hydrogens is 432 g/mol. The molecule has 34 heavy (non-hydrogen) atoms. The lowest BCUT2D eigenvalue weighted by atomic mass is 9.85. The Balaban J connectivity index is 1.76. The van der Waals surface area contributed by atoms with E-state index in [-0.39, 0.29) is 18.8 Å². The second-order valence-electron chi connectivity index (χ2n) is 7.71. The fraction of sp³-hybridized carbons (Fsp3) is 0.154. The molecule has 1 atom stereocenters. The van der Waals surface area contributed by atoms with Crippen molar-refractivity contribution in [2.45, 2.75) is 24.8 Å². The molecule has 0 aromatic heterocycles. The fourth-order valence-electron chi connectivity index (χ4n) is 3.66. The maximum Gasteiger partial charge on any atom is 0.326 e. The number of guanidine groups is 1. The zero-order chi connectivity index (χ0) is 24.5. The van der Waals surface area contributed by atoms with E-state index in [2.05, 4.69) is 34.6 Å². The number of aliphatic imine (C=N–C) groups is 1. The lowest BCUT2D eigenvalue weighted by Gasteiger charge is -2.19. The van der Waals surface area contributed by atoms with E-state index in [4.69, 9.17) is 11.5 Å². The molecule has 6 N–H and O–H groups in total. The van der Waals surface area contributed by atoms with Gasteiger partial charge in [-0.1, -0.05) is 72.8 Å². The normalized spacial score (nSPS) is 11.4. The molecule has 0 radical (unpaired) electrons. The first kappa shape index (κ1) is 24.2. The summed E-state index contributed by atoms with van der Waals surface area (Å²) in [6.07, 6.45) is -0.358. The molecule has 8 heteroatoms. The number of nitrogens with one attached hydrogen (secondary N) is 1. The van der Waals surface area contributed by atoms with Crippen LogP contribution in [0.3, 0.4) is 0 Å². The minimum atomic E-state index is -1.26. The quantitative estimate of drug-likeness (QED) is 0.220. The third kappa shape index (κ3) is 6.52. The summed E-state index contributed by atoms with van der Waals surface area (Å²) in [6, 6.07) is 25.9. The summed E-state index contributed by atoms with van der Waals surface area (Å²) in [4.78, 5) is 39.2. The van der Waals surface area contributed by atoms with Crippen LogP contribution < -0.4 is 16.8 Å². The predicted molar refractivity (Wildman–Crippen MR) is 129 cm³/mol. The smallest absolute Gasteiger partial charge is 0.326 e. The largest absolute Gasteiger partial charge is 0.480 e. The van der Waals surface area contributed by atoms with E-state index in [0.717, 1.165) is 16.7 Å². The fourth-order valence-corrected chi connectivity index (χ4v) is 3.66. The van der Waals surface area contributed by atoms with E-state index < -0.39 is 29.8 Å². The number of carbonyl (C=O) groups is 3. The second kappa shape index (κ2) is 11.4. The van der Waals surface area contributed by atoms with Gasteiger partial charge in [0.1, 0.15) is 6.04 Å². The van der Waals surface area contributed by atoms with Crippen LogP contribution in [0.4, 0.5) is 0 Å². The Kier molecular flexibility index (Phi) is 8.12. The summed E-state index contributed by atoms with van der Waals surface area (Å²) in [7, 11) is 0. The van der Waals surface area contributed by atoms with Gasteiger partial charge < -0.3 is 21.9 Å². The zero-order valence-electron chi connectivity index (χ0n) is 18.4. The first-order chi connectivity index (χ1) is 16.3. The molecule has 3 aromatic carbocycles. The standard InChI is InChI=1S/C26H26N4O4/c27-26(28)30-22(31)16-15-21(25(33)34)29-24(32)20-13-11-19(12-14-20)23(17-7-3-1-4-8-17)18-9-5-2-6-10-18/h1-14,21,23H,15-16H2,(H,29,32)(H,33,34)(H4,27,28,30,31)/t21-/m0/s1. The average molecular weight is 459 g/mol. The Labute approximate surface area is 197 Å². The molecule has 0 saturated heterocycles. The van der Waals surface area contributed by atoms with Crippen molar-refractivity contribution in [3.05, 3.63) is 107 Å². The van der Waals surface area contributed by atoms with Crippen LogP contribution in [-0.2, 0) is 9.59 Å². The second-order valence-corrected chi connectivity index (χ2v) is 7.71. The Bertz CT molecular complexity index is 1120. The number of hydrogen-bond donors (Lipinski definition) is 4. The minimum absolute atomic E-state index is 0.0205. The SMILES string of the molecule is NC(N)=NC(=O)CC[C@H](NC(=O)c1ccc(C(c2ccccc2)c2ccccc2)cc1)C(=O)O. The first-order valence-corrected chi connectivity index (χ1v) is 10.7. The van der Waals surface area contributed by atoms with Crippen LogP contribution in [0.5, 0.6) is 0 Å². The van der Waals surface area contributed by atoms with Crippen molar-refractivity contribution in [1.29, 1.82) is 0 Å². The van der Waals surface area contributed by atoms with Crippen LogP contribution >= 0.6 is 0 Å². The van der Waals surface area contributed by atoms with Crippen LogP contribution in [0.2, 0.25) is 0 Å². The maximum absolute atomic E-state index is 12.7. The molecule has 174 valence electrons. The molecule has 0 spiro atoms. The number of nitrogens with two attached hydrogens (primary N) is 2. The number of carbonyl (C=O) groups excluding carboxylic acids is 2. The first-order valence-electron chi connectivity index (χ1n) is 10.7. The summed E-state index contributed by atoms with van der Waals surface area (Å²) < 4.78 is 0. The van der Waals surface area contributed by atoms with Crippen LogP contribution in [0, 0.1) is 0 Å². The molecule has 0 aliphatic rings. The van der Waals surface area contributed by atoms with E-state index in [1.54, 1.807) is 12.1 Å². The van der Waals surface area contributed by atoms with Gasteiger partial charge in [0.05, 0.1) is 0 Å². The van der Waals surface area contributed by atoms with Gasteiger partial charge in [-0.05, 0) is 35.2 Å². The number of carboxylic acids is 1. The Morgan fingerprint density at radius 1 is 0.794 bits per heavy atom.